The van der Waals surface area contributed by atoms with E-state index < -0.39 is 11.7 Å². The summed E-state index contributed by atoms with van der Waals surface area (Å²) in [7, 11) is 2.14. The maximum absolute atomic E-state index is 13.0. The summed E-state index contributed by atoms with van der Waals surface area (Å²) in [5, 5.41) is 3.38. The molecule has 1 aliphatic rings. The van der Waals surface area contributed by atoms with Crippen LogP contribution in [0.4, 0.5) is 24.7 Å². The van der Waals surface area contributed by atoms with Gasteiger partial charge in [0.1, 0.15) is 5.52 Å². The molecule has 0 atom stereocenters. The predicted octanol–water partition coefficient (Wildman–Crippen LogP) is 5.32. The molecule has 2 aromatic carbocycles. The Hall–Kier alpha value is -4.51. The number of likely N-dealkylation sites (N-methyl/N-ethyl adjacent to an activating group) is 1. The van der Waals surface area contributed by atoms with Crippen molar-refractivity contribution >= 4 is 22.7 Å². The number of benzene rings is 2. The third kappa shape index (κ3) is 5.99. The van der Waals surface area contributed by atoms with E-state index >= 15 is 0 Å². The first-order chi connectivity index (χ1) is 19.8. The number of imidazole rings is 1. The highest BCUT2D eigenvalue weighted by Gasteiger charge is 2.30. The van der Waals surface area contributed by atoms with Crippen molar-refractivity contribution in [1.29, 1.82) is 0 Å². The van der Waals surface area contributed by atoms with Crippen LogP contribution in [-0.2, 0) is 19.3 Å². The number of nitrogens with zero attached hydrogens (tertiary/aromatic N) is 7. The molecule has 210 valence electrons. The molecule has 1 fully saturated rings. The molecule has 0 spiro atoms. The molecule has 0 bridgehead atoms. The lowest BCUT2D eigenvalue weighted by Crippen LogP contribution is -2.44. The van der Waals surface area contributed by atoms with Crippen molar-refractivity contribution in [2.24, 2.45) is 0 Å². The summed E-state index contributed by atoms with van der Waals surface area (Å²) >= 11 is 0. The fourth-order valence-corrected chi connectivity index (χ4v) is 4.88. The third-order valence-electron chi connectivity index (χ3n) is 7.27. The Balaban J connectivity index is 1.33. The van der Waals surface area contributed by atoms with E-state index in [0.29, 0.717) is 41.5 Å². The highest BCUT2D eigenvalue weighted by molar-refractivity contribution is 5.85. The SMILES string of the molecule is CN1CCN(c2ccc(-c3nc(NCc4cccnc4)c4ncn(Cc5ccc(C(F)(F)F)cc5)c4n3)cc2)CC1. The van der Waals surface area contributed by atoms with Crippen molar-refractivity contribution in [2.45, 2.75) is 19.3 Å². The number of piperazine rings is 1. The molecule has 1 aliphatic heterocycles. The van der Waals surface area contributed by atoms with E-state index in [1.165, 1.54) is 12.1 Å². The molecule has 11 heteroatoms. The van der Waals surface area contributed by atoms with E-state index in [-0.39, 0.29) is 0 Å². The van der Waals surface area contributed by atoms with Gasteiger partial charge >= 0.3 is 6.18 Å². The summed E-state index contributed by atoms with van der Waals surface area (Å²) in [6.45, 7) is 4.81. The van der Waals surface area contributed by atoms with Crippen LogP contribution >= 0.6 is 0 Å². The zero-order valence-corrected chi connectivity index (χ0v) is 22.5. The number of alkyl halides is 3. The normalized spacial score (nSPS) is 14.5. The third-order valence-corrected chi connectivity index (χ3v) is 7.27. The lowest BCUT2D eigenvalue weighted by molar-refractivity contribution is -0.137. The van der Waals surface area contributed by atoms with Crippen LogP contribution in [0.15, 0.2) is 79.4 Å². The fraction of sp³-hybridized carbons (Fsp3) is 0.267. The zero-order chi connectivity index (χ0) is 28.4. The molecule has 6 rings (SSSR count). The van der Waals surface area contributed by atoms with E-state index in [9.17, 15) is 13.2 Å². The molecule has 0 aliphatic carbocycles. The first-order valence-electron chi connectivity index (χ1n) is 13.4. The fourth-order valence-electron chi connectivity index (χ4n) is 4.88. The van der Waals surface area contributed by atoms with Crippen LogP contribution in [0, 0.1) is 0 Å². The summed E-state index contributed by atoms with van der Waals surface area (Å²) in [6.07, 6.45) is 0.773. The molecule has 8 nitrogen and oxygen atoms in total. The lowest BCUT2D eigenvalue weighted by atomic mass is 10.1. The monoisotopic (exact) mass is 558 g/mol. The predicted molar refractivity (Wildman–Crippen MR) is 153 cm³/mol. The molecule has 0 saturated carbocycles. The molecule has 4 heterocycles. The molecule has 1 N–H and O–H groups in total. The Labute approximate surface area is 235 Å². The van der Waals surface area contributed by atoms with Crippen LogP contribution < -0.4 is 10.2 Å². The zero-order valence-electron chi connectivity index (χ0n) is 22.5. The van der Waals surface area contributed by atoms with Gasteiger partial charge in [-0.05, 0) is 60.6 Å². The largest absolute Gasteiger partial charge is 0.416 e. The van der Waals surface area contributed by atoms with Crippen LogP contribution in [0.2, 0.25) is 0 Å². The number of pyridine rings is 1. The number of hydrogen-bond donors (Lipinski definition) is 1. The van der Waals surface area contributed by atoms with Gasteiger partial charge in [0.2, 0.25) is 0 Å². The van der Waals surface area contributed by atoms with Crippen LogP contribution in [-0.4, -0.2) is 62.6 Å². The molecule has 0 unspecified atom stereocenters. The van der Waals surface area contributed by atoms with Gasteiger partial charge in [-0.2, -0.15) is 13.2 Å². The van der Waals surface area contributed by atoms with Crippen LogP contribution in [0.1, 0.15) is 16.7 Å². The van der Waals surface area contributed by atoms with Gasteiger partial charge in [-0.25, -0.2) is 15.0 Å². The summed E-state index contributed by atoms with van der Waals surface area (Å²) < 4.78 is 41.0. The lowest BCUT2D eigenvalue weighted by Gasteiger charge is -2.34. The van der Waals surface area contributed by atoms with E-state index in [1.807, 2.05) is 28.8 Å². The van der Waals surface area contributed by atoms with Gasteiger partial charge in [-0.15, -0.1) is 0 Å². The molecule has 1 saturated heterocycles. The van der Waals surface area contributed by atoms with Crippen LogP contribution in [0.3, 0.4) is 0 Å². The average molecular weight is 559 g/mol. The Morgan fingerprint density at radius 3 is 2.32 bits per heavy atom. The number of rotatable bonds is 7. The van der Waals surface area contributed by atoms with Gasteiger partial charge in [-0.1, -0.05) is 18.2 Å². The van der Waals surface area contributed by atoms with Gasteiger partial charge in [0, 0.05) is 56.4 Å². The van der Waals surface area contributed by atoms with Gasteiger partial charge in [0.15, 0.2) is 17.3 Å². The van der Waals surface area contributed by atoms with E-state index in [0.717, 1.165) is 55.1 Å². The summed E-state index contributed by atoms with van der Waals surface area (Å²) in [6, 6.07) is 17.2. The minimum Gasteiger partial charge on any atom is -0.369 e. The Bertz CT molecular complexity index is 1610. The molecular weight excluding hydrogens is 529 g/mol. The van der Waals surface area contributed by atoms with Crippen molar-refractivity contribution in [2.75, 3.05) is 43.4 Å². The first kappa shape index (κ1) is 26.7. The van der Waals surface area contributed by atoms with Crippen molar-refractivity contribution in [3.8, 4) is 11.4 Å². The second-order valence-electron chi connectivity index (χ2n) is 10.2. The molecule has 3 aromatic heterocycles. The van der Waals surface area contributed by atoms with Crippen LogP contribution in [0.5, 0.6) is 0 Å². The minimum absolute atomic E-state index is 0.315. The molecule has 0 amide bonds. The Kier molecular flexibility index (Phi) is 7.27. The maximum atomic E-state index is 13.0. The average Bonchev–Trinajstić information content (AvgIpc) is 3.39. The van der Waals surface area contributed by atoms with E-state index in [4.69, 9.17) is 9.97 Å². The smallest absolute Gasteiger partial charge is 0.369 e. The number of hydrogen-bond acceptors (Lipinski definition) is 7. The molecular formula is C30H29F3N8. The second-order valence-corrected chi connectivity index (χ2v) is 10.2. The second kappa shape index (κ2) is 11.2. The van der Waals surface area contributed by atoms with Gasteiger partial charge in [0.05, 0.1) is 18.4 Å². The van der Waals surface area contributed by atoms with Crippen molar-refractivity contribution in [3.05, 3.63) is 96.1 Å². The summed E-state index contributed by atoms with van der Waals surface area (Å²) in [5.41, 5.74) is 4.20. The maximum Gasteiger partial charge on any atom is 0.416 e. The Morgan fingerprint density at radius 2 is 1.63 bits per heavy atom. The molecule has 0 radical (unpaired) electrons. The van der Waals surface area contributed by atoms with Crippen molar-refractivity contribution < 1.29 is 13.2 Å². The first-order valence-corrected chi connectivity index (χ1v) is 13.4. The molecule has 5 aromatic rings. The van der Waals surface area contributed by atoms with Gasteiger partial charge in [-0.3, -0.25) is 4.98 Å². The van der Waals surface area contributed by atoms with Crippen LogP contribution in [0.25, 0.3) is 22.6 Å². The number of nitrogens with one attached hydrogen (secondary N) is 1. The van der Waals surface area contributed by atoms with E-state index in [1.54, 1.807) is 18.7 Å². The summed E-state index contributed by atoms with van der Waals surface area (Å²) in [5.74, 6) is 1.11. The van der Waals surface area contributed by atoms with Gasteiger partial charge in [0.25, 0.3) is 0 Å². The van der Waals surface area contributed by atoms with Gasteiger partial charge < -0.3 is 19.7 Å². The highest BCUT2D eigenvalue weighted by Crippen LogP contribution is 2.30. The number of aromatic nitrogens is 5. The highest BCUT2D eigenvalue weighted by atomic mass is 19.4. The standard InChI is InChI=1S/C30H29F3N8/c1-39-13-15-40(16-14-39)25-10-6-23(7-11-25)27-37-28(35-18-22-3-2-12-34-17-22)26-29(38-27)41(20-36-26)19-21-4-8-24(9-5-21)30(31,32)33/h2-12,17,20H,13-16,18-19H2,1H3,(H,35,37,38). The van der Waals surface area contributed by atoms with Crippen molar-refractivity contribution in [3.63, 3.8) is 0 Å². The van der Waals surface area contributed by atoms with Crippen molar-refractivity contribution in [1.82, 2.24) is 29.4 Å². The number of halogens is 3. The quantitative estimate of drug-likeness (QED) is 0.290. The minimum atomic E-state index is -4.38. The number of fused-ring (bicyclic) bond motifs is 1. The summed E-state index contributed by atoms with van der Waals surface area (Å²) in [4.78, 5) is 23.1. The van der Waals surface area contributed by atoms with E-state index in [2.05, 4.69) is 44.3 Å². The number of anilines is 2. The topological polar surface area (TPSA) is 75.0 Å². The molecule has 41 heavy (non-hydrogen) atoms. The Morgan fingerprint density at radius 1 is 0.878 bits per heavy atom.